The molecule has 0 atom stereocenters. The number of halogens is 2. The summed E-state index contributed by atoms with van der Waals surface area (Å²) >= 11 is 0. The molecule has 0 spiro atoms. The molecular weight excluding hydrogens is 226 g/mol. The highest BCUT2D eigenvalue weighted by Crippen LogP contribution is 2.29. The Bertz CT molecular complexity index is 381. The standard InChI is InChI=1S/C12H18F2N2O/c1-12(2,7-17)6-16-10-4-3-8(15)5-9(10)11(13)14/h3-5,11,16-17H,6-7,15H2,1-2H3. The molecule has 1 aromatic rings. The first-order chi connectivity index (χ1) is 7.85. The Hall–Kier alpha value is -1.36. The molecule has 0 bridgehead atoms. The van der Waals surface area contributed by atoms with Crippen molar-refractivity contribution in [3.63, 3.8) is 0 Å². The molecule has 0 aliphatic carbocycles. The Morgan fingerprint density at radius 1 is 1.41 bits per heavy atom. The van der Waals surface area contributed by atoms with Crippen molar-refractivity contribution in [1.82, 2.24) is 0 Å². The van der Waals surface area contributed by atoms with Crippen molar-refractivity contribution in [3.05, 3.63) is 23.8 Å². The minimum absolute atomic E-state index is 0.0149. The van der Waals surface area contributed by atoms with E-state index in [1.165, 1.54) is 12.1 Å². The number of nitrogen functional groups attached to an aromatic ring is 1. The van der Waals surface area contributed by atoms with Crippen LogP contribution in [-0.2, 0) is 0 Å². The molecule has 4 N–H and O–H groups in total. The predicted molar refractivity (Wildman–Crippen MR) is 65.2 cm³/mol. The number of anilines is 2. The maximum absolute atomic E-state index is 12.8. The van der Waals surface area contributed by atoms with Crippen LogP contribution in [0.4, 0.5) is 20.2 Å². The first-order valence-electron chi connectivity index (χ1n) is 5.38. The van der Waals surface area contributed by atoms with Gasteiger partial charge in [-0.3, -0.25) is 0 Å². The lowest BCUT2D eigenvalue weighted by Gasteiger charge is -2.23. The zero-order valence-electron chi connectivity index (χ0n) is 10.0. The van der Waals surface area contributed by atoms with Gasteiger partial charge in [0.25, 0.3) is 6.43 Å². The first-order valence-corrected chi connectivity index (χ1v) is 5.38. The van der Waals surface area contributed by atoms with Gasteiger partial charge in [-0.1, -0.05) is 13.8 Å². The Balaban J connectivity index is 2.84. The normalized spacial score (nSPS) is 11.9. The van der Waals surface area contributed by atoms with Gasteiger partial charge in [0, 0.05) is 35.5 Å². The van der Waals surface area contributed by atoms with E-state index in [2.05, 4.69) is 5.32 Å². The van der Waals surface area contributed by atoms with Crippen LogP contribution in [0.3, 0.4) is 0 Å². The fourth-order valence-electron chi connectivity index (χ4n) is 1.31. The van der Waals surface area contributed by atoms with Crippen LogP contribution in [0, 0.1) is 5.41 Å². The second kappa shape index (κ2) is 5.31. The molecule has 0 saturated heterocycles. The van der Waals surface area contributed by atoms with Gasteiger partial charge in [0.15, 0.2) is 0 Å². The van der Waals surface area contributed by atoms with Gasteiger partial charge < -0.3 is 16.2 Å². The van der Waals surface area contributed by atoms with E-state index < -0.39 is 6.43 Å². The van der Waals surface area contributed by atoms with Gasteiger partial charge in [-0.2, -0.15) is 0 Å². The van der Waals surface area contributed by atoms with E-state index in [4.69, 9.17) is 10.8 Å². The van der Waals surface area contributed by atoms with Crippen molar-refractivity contribution in [3.8, 4) is 0 Å². The molecule has 0 radical (unpaired) electrons. The number of alkyl halides is 2. The van der Waals surface area contributed by atoms with E-state index in [0.29, 0.717) is 17.9 Å². The first kappa shape index (κ1) is 13.7. The summed E-state index contributed by atoms with van der Waals surface area (Å²) in [7, 11) is 0. The van der Waals surface area contributed by atoms with Crippen LogP contribution in [0.1, 0.15) is 25.8 Å². The smallest absolute Gasteiger partial charge is 0.265 e. The van der Waals surface area contributed by atoms with Gasteiger partial charge in [0.05, 0.1) is 0 Å². The second-order valence-electron chi connectivity index (χ2n) is 4.82. The summed E-state index contributed by atoms with van der Waals surface area (Å²) in [4.78, 5) is 0. The fraction of sp³-hybridized carbons (Fsp3) is 0.500. The van der Waals surface area contributed by atoms with Crippen molar-refractivity contribution in [2.75, 3.05) is 24.2 Å². The largest absolute Gasteiger partial charge is 0.399 e. The van der Waals surface area contributed by atoms with Gasteiger partial charge in [0.1, 0.15) is 0 Å². The quantitative estimate of drug-likeness (QED) is 0.698. The molecule has 0 amide bonds. The van der Waals surface area contributed by atoms with Crippen LogP contribution in [0.25, 0.3) is 0 Å². The van der Waals surface area contributed by atoms with Gasteiger partial charge in [-0.05, 0) is 18.2 Å². The number of hydrogen-bond acceptors (Lipinski definition) is 3. The lowest BCUT2D eigenvalue weighted by Crippen LogP contribution is -2.27. The molecule has 5 heteroatoms. The van der Waals surface area contributed by atoms with Crippen LogP contribution in [0.15, 0.2) is 18.2 Å². The minimum Gasteiger partial charge on any atom is -0.399 e. The summed E-state index contributed by atoms with van der Waals surface area (Å²) in [6.45, 7) is 4.09. The van der Waals surface area contributed by atoms with E-state index in [1.807, 2.05) is 13.8 Å². The number of aliphatic hydroxyl groups excluding tert-OH is 1. The summed E-state index contributed by atoms with van der Waals surface area (Å²) in [5, 5.41) is 12.0. The summed E-state index contributed by atoms with van der Waals surface area (Å²) in [5.41, 5.74) is 5.67. The Morgan fingerprint density at radius 2 is 2.06 bits per heavy atom. The van der Waals surface area contributed by atoms with Crippen LogP contribution < -0.4 is 11.1 Å². The van der Waals surface area contributed by atoms with Crippen molar-refractivity contribution < 1.29 is 13.9 Å². The Kier molecular flexibility index (Phi) is 4.28. The van der Waals surface area contributed by atoms with Crippen molar-refractivity contribution >= 4 is 11.4 Å². The Labute approximate surface area is 99.6 Å². The number of rotatable bonds is 5. The van der Waals surface area contributed by atoms with E-state index >= 15 is 0 Å². The number of hydrogen-bond donors (Lipinski definition) is 3. The molecular formula is C12H18F2N2O. The van der Waals surface area contributed by atoms with Gasteiger partial charge in [0.2, 0.25) is 0 Å². The van der Waals surface area contributed by atoms with Gasteiger partial charge >= 0.3 is 0 Å². The lowest BCUT2D eigenvalue weighted by atomic mass is 9.95. The third kappa shape index (κ3) is 3.85. The topological polar surface area (TPSA) is 58.3 Å². The highest BCUT2D eigenvalue weighted by Gasteiger charge is 2.18. The van der Waals surface area contributed by atoms with Crippen molar-refractivity contribution in [1.29, 1.82) is 0 Å². The number of aliphatic hydroxyl groups is 1. The maximum atomic E-state index is 12.8. The molecule has 0 aromatic heterocycles. The summed E-state index contributed by atoms with van der Waals surface area (Å²) in [5.74, 6) is 0. The molecule has 17 heavy (non-hydrogen) atoms. The van der Waals surface area contributed by atoms with Crippen LogP contribution in [-0.4, -0.2) is 18.3 Å². The Morgan fingerprint density at radius 3 is 2.59 bits per heavy atom. The average Bonchev–Trinajstić information content (AvgIpc) is 2.27. The van der Waals surface area contributed by atoms with Crippen LogP contribution >= 0.6 is 0 Å². The van der Waals surface area contributed by atoms with E-state index in [1.54, 1.807) is 6.07 Å². The molecule has 1 aromatic carbocycles. The number of benzene rings is 1. The molecule has 96 valence electrons. The monoisotopic (exact) mass is 244 g/mol. The summed E-state index contributed by atoms with van der Waals surface area (Å²) < 4.78 is 25.5. The third-order valence-electron chi connectivity index (χ3n) is 2.50. The molecule has 0 saturated carbocycles. The zero-order valence-corrected chi connectivity index (χ0v) is 10.0. The van der Waals surface area contributed by atoms with Crippen LogP contribution in [0.2, 0.25) is 0 Å². The van der Waals surface area contributed by atoms with E-state index in [0.717, 1.165) is 0 Å². The van der Waals surface area contributed by atoms with E-state index in [-0.39, 0.29) is 17.6 Å². The SMILES string of the molecule is CC(C)(CO)CNc1ccc(N)cc1C(F)F. The van der Waals surface area contributed by atoms with Gasteiger partial charge in [-0.15, -0.1) is 0 Å². The lowest BCUT2D eigenvalue weighted by molar-refractivity contribution is 0.151. The maximum Gasteiger partial charge on any atom is 0.265 e. The predicted octanol–water partition coefficient (Wildman–Crippen LogP) is 2.64. The molecule has 0 aliphatic rings. The fourth-order valence-corrected chi connectivity index (χ4v) is 1.31. The molecule has 0 heterocycles. The zero-order chi connectivity index (χ0) is 13.1. The molecule has 0 unspecified atom stereocenters. The van der Waals surface area contributed by atoms with Crippen LogP contribution in [0.5, 0.6) is 0 Å². The molecule has 0 aliphatic heterocycles. The van der Waals surface area contributed by atoms with Crippen molar-refractivity contribution in [2.24, 2.45) is 5.41 Å². The van der Waals surface area contributed by atoms with Crippen molar-refractivity contribution in [2.45, 2.75) is 20.3 Å². The van der Waals surface area contributed by atoms with Gasteiger partial charge in [-0.25, -0.2) is 8.78 Å². The molecule has 3 nitrogen and oxygen atoms in total. The molecule has 1 rings (SSSR count). The summed E-state index contributed by atoms with van der Waals surface area (Å²) in [6.07, 6.45) is -2.57. The average molecular weight is 244 g/mol. The highest BCUT2D eigenvalue weighted by molar-refractivity contribution is 5.58. The number of nitrogens with two attached hydrogens (primary N) is 1. The highest BCUT2D eigenvalue weighted by atomic mass is 19.3. The van der Waals surface area contributed by atoms with E-state index in [9.17, 15) is 8.78 Å². The summed E-state index contributed by atoms with van der Waals surface area (Å²) in [6, 6.07) is 4.36. The molecule has 0 fully saturated rings. The third-order valence-corrected chi connectivity index (χ3v) is 2.50. The minimum atomic E-state index is -2.57. The second-order valence-corrected chi connectivity index (χ2v) is 4.82. The number of nitrogens with one attached hydrogen (secondary N) is 1.